The molecule has 0 unspecified atom stereocenters. The third kappa shape index (κ3) is 3.22. The van der Waals surface area contributed by atoms with Crippen LogP contribution >= 0.6 is 0 Å². The minimum atomic E-state index is -0.877. The summed E-state index contributed by atoms with van der Waals surface area (Å²) in [6, 6.07) is 5.81. The number of carbonyl (C=O) groups is 1. The fourth-order valence-electron chi connectivity index (χ4n) is 4.62. The molecule has 150 valence electrons. The van der Waals surface area contributed by atoms with E-state index < -0.39 is 11.6 Å². The Morgan fingerprint density at radius 1 is 1.10 bits per heavy atom. The highest BCUT2D eigenvalue weighted by Gasteiger charge is 2.45. The molecule has 1 aromatic carbocycles. The molecule has 2 aliphatic rings. The fraction of sp³-hybridized carbons (Fsp3) is 0.381. The maximum Gasteiger partial charge on any atom is 0.223 e. The van der Waals surface area contributed by atoms with Crippen molar-refractivity contribution >= 4 is 22.8 Å². The molecular formula is C21H21F2N5O. The Balaban J connectivity index is 1.28. The van der Waals surface area contributed by atoms with E-state index in [-0.39, 0.29) is 11.3 Å². The largest absolute Gasteiger partial charge is 0.356 e. The van der Waals surface area contributed by atoms with Crippen molar-refractivity contribution in [1.29, 1.82) is 0 Å². The monoisotopic (exact) mass is 397 g/mol. The first kappa shape index (κ1) is 18.0. The Kier molecular flexibility index (Phi) is 4.22. The number of aromatic nitrogens is 3. The normalized spacial score (nSPS) is 18.9. The van der Waals surface area contributed by atoms with Crippen molar-refractivity contribution in [1.82, 2.24) is 19.9 Å². The van der Waals surface area contributed by atoms with Crippen molar-refractivity contribution in [3.8, 4) is 0 Å². The second-order valence-corrected chi connectivity index (χ2v) is 8.10. The first-order valence-electron chi connectivity index (χ1n) is 9.78. The van der Waals surface area contributed by atoms with Gasteiger partial charge < -0.3 is 14.8 Å². The summed E-state index contributed by atoms with van der Waals surface area (Å²) in [5.41, 5.74) is 1.38. The molecule has 0 atom stereocenters. The van der Waals surface area contributed by atoms with Crippen molar-refractivity contribution < 1.29 is 13.6 Å². The van der Waals surface area contributed by atoms with Crippen molar-refractivity contribution in [3.05, 3.63) is 54.0 Å². The second kappa shape index (κ2) is 6.79. The second-order valence-electron chi connectivity index (χ2n) is 8.10. The minimum absolute atomic E-state index is 0.0591. The van der Waals surface area contributed by atoms with E-state index in [1.54, 1.807) is 11.2 Å². The van der Waals surface area contributed by atoms with Gasteiger partial charge in [0.25, 0.3) is 0 Å². The van der Waals surface area contributed by atoms with Crippen LogP contribution in [0.5, 0.6) is 0 Å². The highest BCUT2D eigenvalue weighted by atomic mass is 19.2. The highest BCUT2D eigenvalue weighted by Crippen LogP contribution is 2.42. The van der Waals surface area contributed by atoms with Gasteiger partial charge in [0.05, 0.1) is 5.39 Å². The summed E-state index contributed by atoms with van der Waals surface area (Å²) in [6.07, 6.45) is 5.72. The van der Waals surface area contributed by atoms with Gasteiger partial charge in [-0.2, -0.15) is 0 Å². The summed E-state index contributed by atoms with van der Waals surface area (Å²) in [6.45, 7) is 2.62. The summed E-state index contributed by atoms with van der Waals surface area (Å²) >= 11 is 0. The number of amides is 1. The van der Waals surface area contributed by atoms with Gasteiger partial charge in [0, 0.05) is 44.2 Å². The number of halogens is 2. The third-order valence-electron chi connectivity index (χ3n) is 6.22. The lowest BCUT2D eigenvalue weighted by atomic mass is 9.77. The van der Waals surface area contributed by atoms with E-state index in [1.807, 2.05) is 12.3 Å². The van der Waals surface area contributed by atoms with E-state index in [1.165, 1.54) is 12.1 Å². The van der Waals surface area contributed by atoms with Crippen molar-refractivity contribution in [2.24, 2.45) is 5.41 Å². The first-order valence-corrected chi connectivity index (χ1v) is 9.78. The minimum Gasteiger partial charge on any atom is -0.356 e. The van der Waals surface area contributed by atoms with Gasteiger partial charge in [-0.05, 0) is 36.6 Å². The molecule has 5 rings (SSSR count). The molecule has 2 fully saturated rings. The number of benzene rings is 1. The molecule has 0 saturated carbocycles. The molecular weight excluding hydrogens is 376 g/mol. The van der Waals surface area contributed by atoms with Crippen molar-refractivity contribution in [2.45, 2.75) is 25.8 Å². The summed E-state index contributed by atoms with van der Waals surface area (Å²) in [5.74, 6) is -0.739. The standard InChI is InChI=1S/C21H21F2N5O/c22-16-2-1-14(9-17(16)23)11-28-12-21(10-18(28)29)4-7-27(8-5-21)20-15-3-6-24-19(15)25-13-26-20/h1-3,6,9,13H,4-5,7-8,10-12H2,(H,24,25,26). The Labute approximate surface area is 166 Å². The van der Waals surface area contributed by atoms with Crippen molar-refractivity contribution in [3.63, 3.8) is 0 Å². The van der Waals surface area contributed by atoms with Crippen LogP contribution in [0, 0.1) is 17.0 Å². The molecule has 6 nitrogen and oxygen atoms in total. The van der Waals surface area contributed by atoms with Gasteiger partial charge in [-0.15, -0.1) is 0 Å². The lowest BCUT2D eigenvalue weighted by Gasteiger charge is -2.39. The van der Waals surface area contributed by atoms with Gasteiger partial charge in [0.2, 0.25) is 5.91 Å². The Morgan fingerprint density at radius 3 is 2.72 bits per heavy atom. The van der Waals surface area contributed by atoms with Gasteiger partial charge in [0.1, 0.15) is 17.8 Å². The molecule has 1 spiro atoms. The van der Waals surface area contributed by atoms with E-state index >= 15 is 0 Å². The summed E-state index contributed by atoms with van der Waals surface area (Å²) < 4.78 is 26.7. The number of aromatic amines is 1. The zero-order valence-electron chi connectivity index (χ0n) is 15.9. The maximum atomic E-state index is 13.5. The molecule has 2 saturated heterocycles. The molecule has 3 aromatic rings. The molecule has 1 N–H and O–H groups in total. The molecule has 2 aromatic heterocycles. The van der Waals surface area contributed by atoms with Gasteiger partial charge in [-0.25, -0.2) is 18.7 Å². The molecule has 29 heavy (non-hydrogen) atoms. The summed E-state index contributed by atoms with van der Waals surface area (Å²) in [5, 5.41) is 1.01. The van der Waals surface area contributed by atoms with Gasteiger partial charge in [-0.3, -0.25) is 4.79 Å². The van der Waals surface area contributed by atoms with Gasteiger partial charge in [-0.1, -0.05) is 6.07 Å². The predicted octanol–water partition coefficient (Wildman–Crippen LogP) is 3.26. The van der Waals surface area contributed by atoms with Gasteiger partial charge >= 0.3 is 0 Å². The Hall–Kier alpha value is -3.03. The fourth-order valence-corrected chi connectivity index (χ4v) is 4.62. The SMILES string of the molecule is O=C1CC2(CCN(c3ncnc4[nH]ccc34)CC2)CN1Cc1ccc(F)c(F)c1. The molecule has 0 aliphatic carbocycles. The number of hydrogen-bond donors (Lipinski definition) is 1. The maximum absolute atomic E-state index is 13.5. The number of H-pyrrole nitrogens is 1. The van der Waals surface area contributed by atoms with E-state index in [0.29, 0.717) is 25.1 Å². The summed E-state index contributed by atoms with van der Waals surface area (Å²) in [7, 11) is 0. The predicted molar refractivity (Wildman–Crippen MR) is 104 cm³/mol. The van der Waals surface area contributed by atoms with Crippen LogP contribution in [0.1, 0.15) is 24.8 Å². The van der Waals surface area contributed by atoms with Crippen LogP contribution in [0.2, 0.25) is 0 Å². The Bertz CT molecular complexity index is 1070. The molecule has 0 radical (unpaired) electrons. The number of rotatable bonds is 3. The zero-order chi connectivity index (χ0) is 20.0. The van der Waals surface area contributed by atoms with Crippen LogP contribution in [0.4, 0.5) is 14.6 Å². The number of nitrogens with one attached hydrogen (secondary N) is 1. The summed E-state index contributed by atoms with van der Waals surface area (Å²) in [4.78, 5) is 28.5. The quantitative estimate of drug-likeness (QED) is 0.737. The van der Waals surface area contributed by atoms with E-state index in [4.69, 9.17) is 0 Å². The van der Waals surface area contributed by atoms with E-state index in [0.717, 1.165) is 48.8 Å². The number of hydrogen-bond acceptors (Lipinski definition) is 4. The van der Waals surface area contributed by atoms with E-state index in [9.17, 15) is 13.6 Å². The molecule has 2 aliphatic heterocycles. The number of likely N-dealkylation sites (tertiary alicyclic amines) is 1. The zero-order valence-corrected chi connectivity index (χ0v) is 15.9. The van der Waals surface area contributed by atoms with Crippen LogP contribution in [0.15, 0.2) is 36.8 Å². The van der Waals surface area contributed by atoms with Crippen molar-refractivity contribution in [2.75, 3.05) is 24.5 Å². The molecule has 8 heteroatoms. The van der Waals surface area contributed by atoms with Gasteiger partial charge in [0.15, 0.2) is 11.6 Å². The number of nitrogens with zero attached hydrogens (tertiary/aromatic N) is 4. The first-order chi connectivity index (χ1) is 14.0. The number of piperidine rings is 1. The smallest absolute Gasteiger partial charge is 0.223 e. The number of anilines is 1. The van der Waals surface area contributed by atoms with Crippen LogP contribution in [-0.4, -0.2) is 45.4 Å². The lowest BCUT2D eigenvalue weighted by Crippen LogP contribution is -2.42. The molecule has 4 heterocycles. The van der Waals surface area contributed by atoms with Crippen LogP contribution < -0.4 is 4.90 Å². The third-order valence-corrected chi connectivity index (χ3v) is 6.22. The Morgan fingerprint density at radius 2 is 1.93 bits per heavy atom. The van der Waals surface area contributed by atoms with Crippen LogP contribution in [0.25, 0.3) is 11.0 Å². The average molecular weight is 397 g/mol. The number of carbonyl (C=O) groups excluding carboxylic acids is 1. The number of fused-ring (bicyclic) bond motifs is 1. The van der Waals surface area contributed by atoms with Crippen LogP contribution in [-0.2, 0) is 11.3 Å². The highest BCUT2D eigenvalue weighted by molar-refractivity contribution is 5.87. The molecule has 1 amide bonds. The van der Waals surface area contributed by atoms with Crippen LogP contribution in [0.3, 0.4) is 0 Å². The van der Waals surface area contributed by atoms with E-state index in [2.05, 4.69) is 19.9 Å². The average Bonchev–Trinajstić information content (AvgIpc) is 3.30. The lowest BCUT2D eigenvalue weighted by molar-refractivity contribution is -0.128. The molecule has 0 bridgehead atoms. The topological polar surface area (TPSA) is 65.1 Å².